The Bertz CT molecular complexity index is 561. The van der Waals surface area contributed by atoms with Gasteiger partial charge in [-0.15, -0.1) is 0 Å². The number of carbonyl (C=O) groups is 1. The van der Waals surface area contributed by atoms with Gasteiger partial charge in [-0.1, -0.05) is 0 Å². The van der Waals surface area contributed by atoms with E-state index in [-0.39, 0.29) is 11.9 Å². The summed E-state index contributed by atoms with van der Waals surface area (Å²) in [6.45, 7) is 2.34. The lowest BCUT2D eigenvalue weighted by Gasteiger charge is -2.31. The zero-order valence-corrected chi connectivity index (χ0v) is 13.3. The van der Waals surface area contributed by atoms with Crippen LogP contribution in [0.5, 0.6) is 5.75 Å². The van der Waals surface area contributed by atoms with Gasteiger partial charge in [-0.25, -0.2) is 0 Å². The number of hydrogen-bond donors (Lipinski definition) is 2. The van der Waals surface area contributed by atoms with Crippen LogP contribution in [0, 0.1) is 11.8 Å². The summed E-state index contributed by atoms with van der Waals surface area (Å²) < 4.78 is 5.18. The number of nitrogens with zero attached hydrogens (tertiary/aromatic N) is 1. The summed E-state index contributed by atoms with van der Waals surface area (Å²) in [5.74, 6) is 2.01. The molecule has 5 heteroatoms. The minimum Gasteiger partial charge on any atom is -0.495 e. The number of benzene rings is 1. The first-order valence-corrected chi connectivity index (χ1v) is 7.99. The summed E-state index contributed by atoms with van der Waals surface area (Å²) in [6, 6.07) is 5.47. The number of carbonyl (C=O) groups excluding carboxylic acids is 1. The second-order valence-electron chi connectivity index (χ2n) is 6.67. The number of methoxy groups -OCH3 is 1. The molecule has 1 heterocycles. The maximum atomic E-state index is 12.4. The number of nitrogens with one attached hydrogen (secondary N) is 1. The highest BCUT2D eigenvalue weighted by Gasteiger charge is 2.37. The fraction of sp³-hybridized carbons (Fsp3) is 0.588. The standard InChI is InChI=1S/C17H25N3O2/c1-20-6-5-11-7-14(8-13(11)10-20)19-17(21)12-3-4-15(18)16(9-12)22-2/h3-4,9,11,13-14H,5-8,10,18H2,1-2H3,(H,19,21)/t11?,13?,14-/m0/s1. The summed E-state index contributed by atoms with van der Waals surface area (Å²) in [4.78, 5) is 14.8. The molecule has 2 aliphatic rings. The first-order valence-electron chi connectivity index (χ1n) is 7.99. The Morgan fingerprint density at radius 2 is 2.14 bits per heavy atom. The Morgan fingerprint density at radius 3 is 2.91 bits per heavy atom. The lowest BCUT2D eigenvalue weighted by atomic mass is 9.89. The molecule has 120 valence electrons. The molecule has 0 radical (unpaired) electrons. The average molecular weight is 303 g/mol. The van der Waals surface area contributed by atoms with Gasteiger partial charge < -0.3 is 20.7 Å². The minimum absolute atomic E-state index is 0.0321. The van der Waals surface area contributed by atoms with E-state index >= 15 is 0 Å². The minimum atomic E-state index is -0.0321. The van der Waals surface area contributed by atoms with Gasteiger partial charge in [0, 0.05) is 18.2 Å². The van der Waals surface area contributed by atoms with Crippen molar-refractivity contribution in [3.63, 3.8) is 0 Å². The third-order valence-electron chi connectivity index (χ3n) is 5.10. The first-order chi connectivity index (χ1) is 10.6. The van der Waals surface area contributed by atoms with Crippen LogP contribution < -0.4 is 15.8 Å². The molecule has 0 spiro atoms. The van der Waals surface area contributed by atoms with Crippen molar-refractivity contribution in [2.75, 3.05) is 33.0 Å². The first kappa shape index (κ1) is 15.2. The van der Waals surface area contributed by atoms with Gasteiger partial charge >= 0.3 is 0 Å². The maximum Gasteiger partial charge on any atom is 0.251 e. The Labute approximate surface area is 131 Å². The van der Waals surface area contributed by atoms with Crippen LogP contribution in [-0.2, 0) is 0 Å². The van der Waals surface area contributed by atoms with E-state index in [2.05, 4.69) is 17.3 Å². The fourth-order valence-corrected chi connectivity index (χ4v) is 3.91. The van der Waals surface area contributed by atoms with Crippen molar-refractivity contribution in [3.05, 3.63) is 23.8 Å². The topological polar surface area (TPSA) is 67.6 Å². The van der Waals surface area contributed by atoms with Crippen LogP contribution in [0.15, 0.2) is 18.2 Å². The van der Waals surface area contributed by atoms with Gasteiger partial charge in [-0.05, 0) is 62.9 Å². The van der Waals surface area contributed by atoms with Gasteiger partial charge in [0.15, 0.2) is 0 Å². The molecule has 2 fully saturated rings. The van der Waals surface area contributed by atoms with Crippen molar-refractivity contribution in [2.24, 2.45) is 11.8 Å². The second-order valence-corrected chi connectivity index (χ2v) is 6.67. The molecule has 22 heavy (non-hydrogen) atoms. The number of fused-ring (bicyclic) bond motifs is 1. The van der Waals surface area contributed by atoms with E-state index < -0.39 is 0 Å². The normalized spacial score (nSPS) is 28.2. The van der Waals surface area contributed by atoms with E-state index in [1.54, 1.807) is 25.3 Å². The number of piperidine rings is 1. The highest BCUT2D eigenvalue weighted by Crippen LogP contribution is 2.37. The van der Waals surface area contributed by atoms with E-state index in [0.717, 1.165) is 31.2 Å². The number of amides is 1. The quantitative estimate of drug-likeness (QED) is 0.835. The lowest BCUT2D eigenvalue weighted by molar-refractivity contribution is 0.0936. The van der Waals surface area contributed by atoms with Crippen molar-refractivity contribution in [2.45, 2.75) is 25.3 Å². The van der Waals surface area contributed by atoms with Gasteiger partial charge in [0.2, 0.25) is 0 Å². The van der Waals surface area contributed by atoms with Crippen molar-refractivity contribution < 1.29 is 9.53 Å². The molecule has 1 saturated carbocycles. The van der Waals surface area contributed by atoms with Gasteiger partial charge in [-0.3, -0.25) is 4.79 Å². The smallest absolute Gasteiger partial charge is 0.251 e. The molecule has 3 atom stereocenters. The van der Waals surface area contributed by atoms with Gasteiger partial charge in [0.05, 0.1) is 12.8 Å². The molecule has 1 aliphatic carbocycles. The molecule has 1 saturated heterocycles. The van der Waals surface area contributed by atoms with Crippen molar-refractivity contribution in [1.82, 2.24) is 10.2 Å². The summed E-state index contributed by atoms with van der Waals surface area (Å²) in [5.41, 5.74) is 6.95. The predicted octanol–water partition coefficient (Wildman–Crippen LogP) is 1.74. The van der Waals surface area contributed by atoms with Gasteiger partial charge in [0.25, 0.3) is 5.91 Å². The highest BCUT2D eigenvalue weighted by molar-refractivity contribution is 5.95. The van der Waals surface area contributed by atoms with Crippen LogP contribution in [0.1, 0.15) is 29.6 Å². The third kappa shape index (κ3) is 3.04. The van der Waals surface area contributed by atoms with E-state index in [0.29, 0.717) is 17.0 Å². The number of rotatable bonds is 3. The number of anilines is 1. The number of nitrogens with two attached hydrogens (primary N) is 1. The van der Waals surface area contributed by atoms with Gasteiger partial charge in [0.1, 0.15) is 5.75 Å². The van der Waals surface area contributed by atoms with Crippen LogP contribution in [0.2, 0.25) is 0 Å². The highest BCUT2D eigenvalue weighted by atomic mass is 16.5. The number of nitrogen functional groups attached to an aromatic ring is 1. The van der Waals surface area contributed by atoms with E-state index in [1.807, 2.05) is 0 Å². The number of ether oxygens (including phenoxy) is 1. The summed E-state index contributed by atoms with van der Waals surface area (Å²) in [6.07, 6.45) is 3.45. The third-order valence-corrected chi connectivity index (χ3v) is 5.10. The molecule has 0 aromatic heterocycles. The van der Waals surface area contributed by atoms with Crippen LogP contribution in [0.4, 0.5) is 5.69 Å². The molecule has 2 unspecified atom stereocenters. The van der Waals surface area contributed by atoms with Crippen LogP contribution in [0.3, 0.4) is 0 Å². The van der Waals surface area contributed by atoms with E-state index in [9.17, 15) is 4.79 Å². The average Bonchev–Trinajstić information content (AvgIpc) is 2.88. The Hall–Kier alpha value is -1.75. The predicted molar refractivity (Wildman–Crippen MR) is 87.0 cm³/mol. The molecule has 5 nitrogen and oxygen atoms in total. The zero-order chi connectivity index (χ0) is 15.7. The van der Waals surface area contributed by atoms with Crippen LogP contribution in [-0.4, -0.2) is 44.1 Å². The molecule has 1 aliphatic heterocycles. The number of hydrogen-bond acceptors (Lipinski definition) is 4. The van der Waals surface area contributed by atoms with Crippen LogP contribution >= 0.6 is 0 Å². The summed E-state index contributed by atoms with van der Waals surface area (Å²) >= 11 is 0. The molecular weight excluding hydrogens is 278 g/mol. The number of likely N-dealkylation sites (tertiary alicyclic amines) is 1. The van der Waals surface area contributed by atoms with Crippen LogP contribution in [0.25, 0.3) is 0 Å². The largest absolute Gasteiger partial charge is 0.495 e. The molecule has 1 aromatic carbocycles. The maximum absolute atomic E-state index is 12.4. The fourth-order valence-electron chi connectivity index (χ4n) is 3.91. The molecule has 3 N–H and O–H groups in total. The van der Waals surface area contributed by atoms with E-state index in [1.165, 1.54) is 13.0 Å². The van der Waals surface area contributed by atoms with Crippen molar-refractivity contribution >= 4 is 11.6 Å². The molecule has 0 bridgehead atoms. The monoisotopic (exact) mass is 303 g/mol. The molecular formula is C17H25N3O2. The van der Waals surface area contributed by atoms with Gasteiger partial charge in [-0.2, -0.15) is 0 Å². The SMILES string of the molecule is COc1cc(C(=O)N[C@H]2CC3CCN(C)CC3C2)ccc1N. The lowest BCUT2D eigenvalue weighted by Crippen LogP contribution is -2.35. The summed E-state index contributed by atoms with van der Waals surface area (Å²) in [5, 5.41) is 3.18. The molecule has 1 amide bonds. The Balaban J connectivity index is 1.63. The Morgan fingerprint density at radius 1 is 1.36 bits per heavy atom. The van der Waals surface area contributed by atoms with Crippen molar-refractivity contribution in [3.8, 4) is 5.75 Å². The zero-order valence-electron chi connectivity index (χ0n) is 13.3. The molecule has 1 aromatic rings. The van der Waals surface area contributed by atoms with E-state index in [4.69, 9.17) is 10.5 Å². The Kier molecular flexibility index (Phi) is 4.25. The van der Waals surface area contributed by atoms with Crippen molar-refractivity contribution in [1.29, 1.82) is 0 Å². The second kappa shape index (κ2) is 6.16. The molecule has 3 rings (SSSR count). The summed E-state index contributed by atoms with van der Waals surface area (Å²) in [7, 11) is 3.74.